The minimum Gasteiger partial charge on any atom is -0.364 e. The average Bonchev–Trinajstić information content (AvgIpc) is 2.26. The average molecular weight is 223 g/mol. The van der Waals surface area contributed by atoms with Crippen molar-refractivity contribution in [1.29, 1.82) is 0 Å². The van der Waals surface area contributed by atoms with E-state index in [-0.39, 0.29) is 17.5 Å². The van der Waals surface area contributed by atoms with Gasteiger partial charge in [-0.25, -0.2) is 4.39 Å². The molecule has 1 rings (SSSR count). The number of nitrogens with zero attached hydrogens (tertiary/aromatic N) is 1. The lowest BCUT2D eigenvalue weighted by Gasteiger charge is -2.23. The number of halogens is 1. The molecule has 0 fully saturated rings. The zero-order chi connectivity index (χ0) is 12.1. The van der Waals surface area contributed by atoms with Crippen LogP contribution in [0.4, 0.5) is 10.1 Å². The first kappa shape index (κ1) is 12.7. The Morgan fingerprint density at radius 3 is 2.31 bits per heavy atom. The second-order valence-electron chi connectivity index (χ2n) is 4.11. The van der Waals surface area contributed by atoms with Gasteiger partial charge in [0.2, 0.25) is 0 Å². The number of carbonyl (C=O) groups is 1. The third-order valence-electron chi connectivity index (χ3n) is 2.56. The molecule has 0 saturated carbocycles. The van der Waals surface area contributed by atoms with E-state index in [2.05, 4.69) is 0 Å². The molecule has 0 aromatic heterocycles. The fourth-order valence-electron chi connectivity index (χ4n) is 1.41. The summed E-state index contributed by atoms with van der Waals surface area (Å²) in [4.78, 5) is 13.6. The molecule has 0 atom stereocenters. The first-order chi connectivity index (χ1) is 7.54. The Morgan fingerprint density at radius 2 is 1.88 bits per heavy atom. The maximum Gasteiger partial charge on any atom is 0.154 e. The second-order valence-corrected chi connectivity index (χ2v) is 4.11. The van der Waals surface area contributed by atoms with Gasteiger partial charge in [-0.05, 0) is 31.2 Å². The van der Waals surface area contributed by atoms with Crippen molar-refractivity contribution in [3.05, 3.63) is 30.1 Å². The number of likely N-dealkylation sites (N-methyl/N-ethyl adjacent to an activating group) is 1. The van der Waals surface area contributed by atoms with E-state index < -0.39 is 0 Å². The van der Waals surface area contributed by atoms with Crippen molar-refractivity contribution in [2.45, 2.75) is 20.8 Å². The monoisotopic (exact) mass is 223 g/mol. The van der Waals surface area contributed by atoms with Crippen LogP contribution in [0.25, 0.3) is 0 Å². The topological polar surface area (TPSA) is 20.3 Å². The SMILES string of the molecule is CCN(CC(=O)C(C)C)c1ccc(F)cc1. The van der Waals surface area contributed by atoms with Crippen molar-refractivity contribution < 1.29 is 9.18 Å². The number of hydrogen-bond donors (Lipinski definition) is 0. The maximum absolute atomic E-state index is 12.8. The van der Waals surface area contributed by atoms with Gasteiger partial charge in [0.1, 0.15) is 5.82 Å². The Labute approximate surface area is 96.1 Å². The van der Waals surface area contributed by atoms with E-state index in [0.29, 0.717) is 6.54 Å². The molecule has 88 valence electrons. The predicted molar refractivity (Wildman–Crippen MR) is 64.1 cm³/mol. The number of rotatable bonds is 5. The molecule has 0 aliphatic heterocycles. The van der Waals surface area contributed by atoms with Gasteiger partial charge in [0.05, 0.1) is 6.54 Å². The highest BCUT2D eigenvalue weighted by molar-refractivity contribution is 5.85. The van der Waals surface area contributed by atoms with Crippen LogP contribution in [-0.2, 0) is 4.79 Å². The quantitative estimate of drug-likeness (QED) is 0.765. The summed E-state index contributed by atoms with van der Waals surface area (Å²) in [7, 11) is 0. The molecule has 16 heavy (non-hydrogen) atoms. The van der Waals surface area contributed by atoms with E-state index in [9.17, 15) is 9.18 Å². The predicted octanol–water partition coefficient (Wildman–Crippen LogP) is 2.88. The molecular formula is C13H18FNO. The Balaban J connectivity index is 2.74. The lowest BCUT2D eigenvalue weighted by Crippen LogP contribution is -2.31. The minimum atomic E-state index is -0.255. The molecule has 0 radical (unpaired) electrons. The molecule has 0 aliphatic carbocycles. The molecule has 0 amide bonds. The second kappa shape index (κ2) is 5.64. The van der Waals surface area contributed by atoms with Crippen molar-refractivity contribution in [3.63, 3.8) is 0 Å². The van der Waals surface area contributed by atoms with Crippen molar-refractivity contribution in [3.8, 4) is 0 Å². The number of ketones is 1. The molecule has 3 heteroatoms. The van der Waals surface area contributed by atoms with Crippen LogP contribution in [0.2, 0.25) is 0 Å². The van der Waals surface area contributed by atoms with E-state index in [1.165, 1.54) is 12.1 Å². The van der Waals surface area contributed by atoms with Gasteiger partial charge in [-0.1, -0.05) is 13.8 Å². The fraction of sp³-hybridized carbons (Fsp3) is 0.462. The fourth-order valence-corrected chi connectivity index (χ4v) is 1.41. The molecule has 1 aromatic carbocycles. The lowest BCUT2D eigenvalue weighted by molar-refractivity contribution is -0.120. The highest BCUT2D eigenvalue weighted by Crippen LogP contribution is 2.15. The van der Waals surface area contributed by atoms with Crippen molar-refractivity contribution in [1.82, 2.24) is 0 Å². The zero-order valence-electron chi connectivity index (χ0n) is 10.0. The maximum atomic E-state index is 12.8. The van der Waals surface area contributed by atoms with Gasteiger partial charge in [-0.2, -0.15) is 0 Å². The van der Waals surface area contributed by atoms with Crippen LogP contribution in [0.3, 0.4) is 0 Å². The molecule has 0 spiro atoms. The highest BCUT2D eigenvalue weighted by atomic mass is 19.1. The van der Waals surface area contributed by atoms with Crippen LogP contribution in [0, 0.1) is 11.7 Å². The van der Waals surface area contributed by atoms with Crippen LogP contribution in [0.5, 0.6) is 0 Å². The van der Waals surface area contributed by atoms with Crippen molar-refractivity contribution in [2.24, 2.45) is 5.92 Å². The Morgan fingerprint density at radius 1 is 1.31 bits per heavy atom. The van der Waals surface area contributed by atoms with Crippen LogP contribution in [-0.4, -0.2) is 18.9 Å². The van der Waals surface area contributed by atoms with E-state index in [4.69, 9.17) is 0 Å². The number of benzene rings is 1. The largest absolute Gasteiger partial charge is 0.364 e. The van der Waals surface area contributed by atoms with E-state index in [0.717, 1.165) is 12.2 Å². The van der Waals surface area contributed by atoms with Gasteiger partial charge in [0.15, 0.2) is 5.78 Å². The molecule has 0 unspecified atom stereocenters. The Kier molecular flexibility index (Phi) is 4.47. The van der Waals surface area contributed by atoms with Crippen molar-refractivity contribution in [2.75, 3.05) is 18.0 Å². The van der Waals surface area contributed by atoms with Gasteiger partial charge in [-0.3, -0.25) is 4.79 Å². The summed E-state index contributed by atoms with van der Waals surface area (Å²) in [5.74, 6) is -0.0179. The molecule has 0 saturated heterocycles. The third-order valence-corrected chi connectivity index (χ3v) is 2.56. The number of Topliss-reactive ketones (excluding diaryl/α,β-unsaturated/α-hetero) is 1. The van der Waals surface area contributed by atoms with Crippen LogP contribution >= 0.6 is 0 Å². The number of anilines is 1. The molecular weight excluding hydrogens is 205 g/mol. The molecule has 0 N–H and O–H groups in total. The number of hydrogen-bond acceptors (Lipinski definition) is 2. The van der Waals surface area contributed by atoms with E-state index in [1.54, 1.807) is 12.1 Å². The molecule has 0 bridgehead atoms. The molecule has 0 aliphatic rings. The molecule has 0 heterocycles. The van der Waals surface area contributed by atoms with Gasteiger partial charge >= 0.3 is 0 Å². The molecule has 1 aromatic rings. The van der Waals surface area contributed by atoms with E-state index >= 15 is 0 Å². The van der Waals surface area contributed by atoms with Gasteiger partial charge < -0.3 is 4.90 Å². The summed E-state index contributed by atoms with van der Waals surface area (Å²) in [6, 6.07) is 6.23. The van der Waals surface area contributed by atoms with Gasteiger partial charge in [-0.15, -0.1) is 0 Å². The van der Waals surface area contributed by atoms with Gasteiger partial charge in [0.25, 0.3) is 0 Å². The summed E-state index contributed by atoms with van der Waals surface area (Å²) < 4.78 is 12.8. The van der Waals surface area contributed by atoms with Crippen LogP contribution in [0.15, 0.2) is 24.3 Å². The van der Waals surface area contributed by atoms with Gasteiger partial charge in [0, 0.05) is 18.2 Å². The normalized spacial score (nSPS) is 10.6. The summed E-state index contributed by atoms with van der Waals surface area (Å²) >= 11 is 0. The Hall–Kier alpha value is -1.38. The lowest BCUT2D eigenvalue weighted by atomic mass is 10.1. The van der Waals surface area contributed by atoms with Crippen LogP contribution < -0.4 is 4.90 Å². The summed E-state index contributed by atoms with van der Waals surface area (Å²) in [5, 5.41) is 0. The van der Waals surface area contributed by atoms with Crippen molar-refractivity contribution >= 4 is 11.5 Å². The highest BCUT2D eigenvalue weighted by Gasteiger charge is 2.12. The summed E-state index contributed by atoms with van der Waals surface area (Å²) in [6.45, 7) is 6.89. The smallest absolute Gasteiger partial charge is 0.154 e. The first-order valence-corrected chi connectivity index (χ1v) is 5.57. The summed E-state index contributed by atoms with van der Waals surface area (Å²) in [6.07, 6.45) is 0. The molecule has 2 nitrogen and oxygen atoms in total. The van der Waals surface area contributed by atoms with E-state index in [1.807, 2.05) is 25.7 Å². The number of carbonyl (C=O) groups excluding carboxylic acids is 1. The third kappa shape index (κ3) is 3.33. The zero-order valence-corrected chi connectivity index (χ0v) is 10.0. The van der Waals surface area contributed by atoms with Crippen LogP contribution in [0.1, 0.15) is 20.8 Å². The Bertz CT molecular complexity index is 345. The minimum absolute atomic E-state index is 0.0366. The first-order valence-electron chi connectivity index (χ1n) is 5.57. The summed E-state index contributed by atoms with van der Waals surface area (Å²) in [5.41, 5.74) is 0.887. The standard InChI is InChI=1S/C13H18FNO/c1-4-15(9-13(16)10(2)3)12-7-5-11(14)6-8-12/h5-8,10H,4,9H2,1-3H3.